The molecule has 36 heavy (non-hydrogen) atoms. The van der Waals surface area contributed by atoms with Gasteiger partial charge in [0.15, 0.2) is 0 Å². The van der Waals surface area contributed by atoms with Crippen molar-refractivity contribution in [3.63, 3.8) is 0 Å². The number of rotatable bonds is 7. The molecular weight excluding hydrogens is 466 g/mol. The van der Waals surface area contributed by atoms with Crippen LogP contribution in [0.2, 0.25) is 0 Å². The number of nitrogens with one attached hydrogen (secondary N) is 1. The standard InChI is InChI=1S/C31H41N3O.ClH/c1-22-11-13-24(14-12-22)28(19-31(35)33-26-17-15-25(32)16-18-26)29-21-34(20-23-7-3-2-4-8-23)30-10-6-5-9-27(29)30;/h5-6,9-14,21,23,25-26,28H,2-4,7-8,15-20,32H2,1H3,(H,33,35);1H. The molecule has 1 unspecified atom stereocenters. The van der Waals surface area contributed by atoms with Gasteiger partial charge in [-0.2, -0.15) is 0 Å². The van der Waals surface area contributed by atoms with Gasteiger partial charge in [0.05, 0.1) is 0 Å². The Morgan fingerprint density at radius 3 is 2.39 bits per heavy atom. The normalized spacial score (nSPS) is 21.6. The number of benzene rings is 2. The maximum Gasteiger partial charge on any atom is 0.221 e. The van der Waals surface area contributed by atoms with Crippen LogP contribution in [0.5, 0.6) is 0 Å². The maximum absolute atomic E-state index is 13.3. The Labute approximate surface area is 222 Å². The molecule has 3 aromatic rings. The Balaban J connectivity index is 0.00000304. The van der Waals surface area contributed by atoms with E-state index in [2.05, 4.69) is 71.5 Å². The Morgan fingerprint density at radius 1 is 0.972 bits per heavy atom. The number of carbonyl (C=O) groups is 1. The summed E-state index contributed by atoms with van der Waals surface area (Å²) in [6.45, 7) is 3.20. The number of amides is 1. The van der Waals surface area contributed by atoms with Crippen molar-refractivity contribution < 1.29 is 4.79 Å². The van der Waals surface area contributed by atoms with Gasteiger partial charge < -0.3 is 15.6 Å². The van der Waals surface area contributed by atoms with E-state index in [4.69, 9.17) is 5.73 Å². The van der Waals surface area contributed by atoms with E-state index in [1.807, 2.05) is 0 Å². The van der Waals surface area contributed by atoms with Crippen LogP contribution in [0.3, 0.4) is 0 Å². The van der Waals surface area contributed by atoms with Crippen molar-refractivity contribution in [1.82, 2.24) is 9.88 Å². The Bertz CT molecular complexity index is 1120. The highest BCUT2D eigenvalue weighted by molar-refractivity contribution is 5.87. The molecule has 0 radical (unpaired) electrons. The second kappa shape index (κ2) is 12.3. The van der Waals surface area contributed by atoms with Gasteiger partial charge in [0.1, 0.15) is 0 Å². The SMILES string of the molecule is Cc1ccc(C(CC(=O)NC2CCC(N)CC2)c2cn(CC3CCCCC3)c3ccccc23)cc1.Cl. The maximum atomic E-state index is 13.3. The Kier molecular flexibility index (Phi) is 9.14. The highest BCUT2D eigenvalue weighted by Crippen LogP contribution is 2.36. The minimum atomic E-state index is 0. The van der Waals surface area contributed by atoms with Crippen molar-refractivity contribution in [3.05, 3.63) is 71.4 Å². The van der Waals surface area contributed by atoms with Gasteiger partial charge in [0.25, 0.3) is 0 Å². The molecule has 2 fully saturated rings. The lowest BCUT2D eigenvalue weighted by atomic mass is 9.87. The van der Waals surface area contributed by atoms with Gasteiger partial charge >= 0.3 is 0 Å². The van der Waals surface area contributed by atoms with Crippen LogP contribution in [-0.4, -0.2) is 22.6 Å². The van der Waals surface area contributed by atoms with Gasteiger partial charge in [-0.3, -0.25) is 4.79 Å². The first-order valence-electron chi connectivity index (χ1n) is 13.8. The van der Waals surface area contributed by atoms with E-state index in [9.17, 15) is 4.79 Å². The molecule has 0 saturated heterocycles. The topological polar surface area (TPSA) is 60.1 Å². The number of fused-ring (bicyclic) bond motifs is 1. The summed E-state index contributed by atoms with van der Waals surface area (Å²) < 4.78 is 2.47. The number of aryl methyl sites for hydroxylation is 1. The minimum Gasteiger partial charge on any atom is -0.353 e. The number of hydrogen-bond acceptors (Lipinski definition) is 2. The summed E-state index contributed by atoms with van der Waals surface area (Å²) in [6, 6.07) is 18.1. The molecule has 2 aromatic carbocycles. The van der Waals surface area contributed by atoms with E-state index in [1.54, 1.807) is 0 Å². The molecule has 0 aliphatic heterocycles. The third-order valence-corrected chi connectivity index (χ3v) is 8.38. The van der Waals surface area contributed by atoms with E-state index in [0.29, 0.717) is 12.5 Å². The Hall–Kier alpha value is -2.30. The molecule has 2 saturated carbocycles. The smallest absolute Gasteiger partial charge is 0.221 e. The fourth-order valence-electron chi connectivity index (χ4n) is 6.29. The number of nitrogens with zero attached hydrogens (tertiary/aromatic N) is 1. The molecule has 3 N–H and O–H groups in total. The van der Waals surface area contributed by atoms with E-state index < -0.39 is 0 Å². The first-order chi connectivity index (χ1) is 17.1. The first-order valence-corrected chi connectivity index (χ1v) is 13.8. The van der Waals surface area contributed by atoms with Crippen molar-refractivity contribution >= 4 is 29.2 Å². The van der Waals surface area contributed by atoms with Crippen LogP contribution >= 0.6 is 12.4 Å². The largest absolute Gasteiger partial charge is 0.353 e. The van der Waals surface area contributed by atoms with E-state index in [1.165, 1.54) is 59.7 Å². The third kappa shape index (κ3) is 6.33. The summed E-state index contributed by atoms with van der Waals surface area (Å²) in [5.74, 6) is 0.949. The quantitative estimate of drug-likeness (QED) is 0.367. The van der Waals surface area contributed by atoms with Crippen molar-refractivity contribution in [2.24, 2.45) is 11.7 Å². The zero-order valence-electron chi connectivity index (χ0n) is 21.6. The first kappa shape index (κ1) is 26.8. The van der Waals surface area contributed by atoms with Crippen molar-refractivity contribution in [2.75, 3.05) is 0 Å². The lowest BCUT2D eigenvalue weighted by Gasteiger charge is -2.27. The number of nitrogens with two attached hydrogens (primary N) is 1. The molecule has 2 aliphatic carbocycles. The number of carbonyl (C=O) groups excluding carboxylic acids is 1. The average molecular weight is 508 g/mol. The molecule has 0 bridgehead atoms. The van der Waals surface area contributed by atoms with Crippen molar-refractivity contribution in [2.45, 2.75) is 95.7 Å². The van der Waals surface area contributed by atoms with Gasteiger partial charge in [0.2, 0.25) is 5.91 Å². The average Bonchev–Trinajstić information content (AvgIpc) is 3.23. The summed E-state index contributed by atoms with van der Waals surface area (Å²) in [5.41, 5.74) is 11.1. The fourth-order valence-corrected chi connectivity index (χ4v) is 6.29. The second-order valence-corrected chi connectivity index (χ2v) is 11.1. The van der Waals surface area contributed by atoms with Gasteiger partial charge in [-0.15, -0.1) is 12.4 Å². The molecule has 194 valence electrons. The van der Waals surface area contributed by atoms with Gasteiger partial charge in [-0.25, -0.2) is 0 Å². The predicted molar refractivity (Wildman–Crippen MR) is 152 cm³/mol. The summed E-state index contributed by atoms with van der Waals surface area (Å²) >= 11 is 0. The van der Waals surface area contributed by atoms with Crippen LogP contribution < -0.4 is 11.1 Å². The number of aromatic nitrogens is 1. The van der Waals surface area contributed by atoms with Crippen LogP contribution in [0, 0.1) is 12.8 Å². The minimum absolute atomic E-state index is 0. The van der Waals surface area contributed by atoms with E-state index >= 15 is 0 Å². The summed E-state index contributed by atoms with van der Waals surface area (Å²) in [5, 5.41) is 4.62. The molecule has 1 atom stereocenters. The zero-order valence-corrected chi connectivity index (χ0v) is 22.4. The van der Waals surface area contributed by atoms with Crippen molar-refractivity contribution in [1.29, 1.82) is 0 Å². The van der Waals surface area contributed by atoms with Gasteiger partial charge in [-0.1, -0.05) is 67.3 Å². The molecule has 4 nitrogen and oxygen atoms in total. The van der Waals surface area contributed by atoms with E-state index in [0.717, 1.165) is 38.1 Å². The summed E-state index contributed by atoms with van der Waals surface area (Å²) in [4.78, 5) is 13.3. The monoisotopic (exact) mass is 507 g/mol. The highest BCUT2D eigenvalue weighted by Gasteiger charge is 2.26. The van der Waals surface area contributed by atoms with Crippen LogP contribution in [-0.2, 0) is 11.3 Å². The lowest BCUT2D eigenvalue weighted by molar-refractivity contribution is -0.122. The predicted octanol–water partition coefficient (Wildman–Crippen LogP) is 6.86. The molecule has 5 heteroatoms. The number of para-hydroxylation sites is 1. The molecule has 5 rings (SSSR count). The lowest BCUT2D eigenvalue weighted by Crippen LogP contribution is -2.40. The molecular formula is C31H42ClN3O. The molecule has 1 amide bonds. The number of hydrogen-bond donors (Lipinski definition) is 2. The molecule has 2 aliphatic rings. The Morgan fingerprint density at radius 2 is 1.67 bits per heavy atom. The van der Waals surface area contributed by atoms with Crippen LogP contribution in [0.15, 0.2) is 54.7 Å². The van der Waals surface area contributed by atoms with Crippen LogP contribution in [0.1, 0.15) is 86.8 Å². The summed E-state index contributed by atoms with van der Waals surface area (Å²) in [6.07, 6.45) is 13.6. The molecule has 1 aromatic heterocycles. The van der Waals surface area contributed by atoms with Gasteiger partial charge in [0, 0.05) is 48.1 Å². The zero-order chi connectivity index (χ0) is 24.2. The third-order valence-electron chi connectivity index (χ3n) is 8.38. The molecule has 1 heterocycles. The highest BCUT2D eigenvalue weighted by atomic mass is 35.5. The van der Waals surface area contributed by atoms with Gasteiger partial charge in [-0.05, 0) is 68.6 Å². The second-order valence-electron chi connectivity index (χ2n) is 11.1. The van der Waals surface area contributed by atoms with E-state index in [-0.39, 0.29) is 30.3 Å². The molecule has 0 spiro atoms. The number of halogens is 1. The fraction of sp³-hybridized carbons (Fsp3) is 0.516. The van der Waals surface area contributed by atoms with Crippen LogP contribution in [0.4, 0.5) is 0 Å². The van der Waals surface area contributed by atoms with Crippen molar-refractivity contribution in [3.8, 4) is 0 Å². The summed E-state index contributed by atoms with van der Waals surface area (Å²) in [7, 11) is 0. The van der Waals surface area contributed by atoms with Crippen LogP contribution in [0.25, 0.3) is 10.9 Å².